The highest BCUT2D eigenvalue weighted by Gasteiger charge is 2.22. The SMILES string of the molecule is c1cc(-c2ccc3oc4ccccc4c3c2)cc(N(c2cccc(-n3c4ccccc4c4ccccc43)c2)c2cccc3oc4c5ccccc5ccc4c23)c1. The maximum Gasteiger partial charge on any atom is 0.143 e. The van der Waals surface area contributed by atoms with Gasteiger partial charge in [0.05, 0.1) is 22.1 Å². The number of hydrogen-bond donors (Lipinski definition) is 0. The molecule has 0 unspecified atom stereocenters. The van der Waals surface area contributed by atoms with Gasteiger partial charge >= 0.3 is 0 Å². The van der Waals surface area contributed by atoms with Crippen molar-refractivity contribution in [2.75, 3.05) is 4.90 Å². The zero-order chi connectivity index (χ0) is 36.7. The molecule has 0 saturated carbocycles. The summed E-state index contributed by atoms with van der Waals surface area (Å²) in [4.78, 5) is 2.39. The van der Waals surface area contributed by atoms with E-state index in [1.54, 1.807) is 0 Å². The highest BCUT2D eigenvalue weighted by molar-refractivity contribution is 6.20. The highest BCUT2D eigenvalue weighted by Crippen LogP contribution is 2.46. The molecular weight excluding hydrogens is 685 g/mol. The smallest absolute Gasteiger partial charge is 0.143 e. The summed E-state index contributed by atoms with van der Waals surface area (Å²) in [6.45, 7) is 0. The van der Waals surface area contributed by atoms with Crippen molar-refractivity contribution in [3.05, 3.63) is 194 Å². The summed E-state index contributed by atoms with van der Waals surface area (Å²) >= 11 is 0. The van der Waals surface area contributed by atoms with Crippen molar-refractivity contribution < 1.29 is 8.83 Å². The number of anilines is 3. The molecule has 0 aliphatic heterocycles. The number of para-hydroxylation sites is 3. The molecule has 0 atom stereocenters. The van der Waals surface area contributed by atoms with Crippen LogP contribution in [0.3, 0.4) is 0 Å². The van der Waals surface area contributed by atoms with Crippen molar-refractivity contribution in [2.24, 2.45) is 0 Å². The predicted octanol–water partition coefficient (Wildman–Crippen LogP) is 14.9. The molecule has 0 aliphatic rings. The Kier molecular flexibility index (Phi) is 6.60. The monoisotopic (exact) mass is 716 g/mol. The van der Waals surface area contributed by atoms with Crippen molar-refractivity contribution >= 4 is 93.5 Å². The highest BCUT2D eigenvalue weighted by atomic mass is 16.3. The molecule has 3 heterocycles. The second kappa shape index (κ2) is 12.0. The lowest BCUT2D eigenvalue weighted by Crippen LogP contribution is -2.11. The van der Waals surface area contributed by atoms with Crippen LogP contribution in [0.15, 0.2) is 203 Å². The standard InChI is InChI=1S/C52H32N2O2/c1-2-17-39-33(12-1)26-28-43-51-47(23-11-25-50(51)56-52(39)43)53(36-14-9-13-34(30-36)35-27-29-49-44(31-35)42-20-5-8-24-48(42)55-49)37-15-10-16-38(32-37)54-45-21-6-3-18-40(45)41-19-4-7-22-46(41)54/h1-32H. The summed E-state index contributed by atoms with van der Waals surface area (Å²) < 4.78 is 15.3. The van der Waals surface area contributed by atoms with Gasteiger partial charge in [-0.3, -0.25) is 0 Å². The van der Waals surface area contributed by atoms with Crippen LogP contribution < -0.4 is 4.90 Å². The minimum atomic E-state index is 0.853. The maximum absolute atomic E-state index is 6.73. The molecule has 0 amide bonds. The van der Waals surface area contributed by atoms with E-state index in [0.717, 1.165) is 88.5 Å². The zero-order valence-electron chi connectivity index (χ0n) is 30.2. The quantitative estimate of drug-likeness (QED) is 0.178. The molecule has 262 valence electrons. The average Bonchev–Trinajstić information content (AvgIpc) is 3.94. The van der Waals surface area contributed by atoms with E-state index in [2.05, 4.69) is 191 Å². The van der Waals surface area contributed by atoms with Crippen LogP contribution in [0.5, 0.6) is 0 Å². The molecule has 9 aromatic carbocycles. The Hall–Kier alpha value is -7.56. The summed E-state index contributed by atoms with van der Waals surface area (Å²) in [7, 11) is 0. The molecule has 0 bridgehead atoms. The largest absolute Gasteiger partial charge is 0.456 e. The van der Waals surface area contributed by atoms with Crippen LogP contribution in [-0.2, 0) is 0 Å². The normalized spacial score (nSPS) is 11.9. The molecule has 0 spiro atoms. The predicted molar refractivity (Wildman–Crippen MR) is 233 cm³/mol. The van der Waals surface area contributed by atoms with E-state index in [-0.39, 0.29) is 0 Å². The van der Waals surface area contributed by atoms with Crippen LogP contribution in [0, 0.1) is 0 Å². The van der Waals surface area contributed by atoms with Gasteiger partial charge in [0.15, 0.2) is 0 Å². The molecule has 0 N–H and O–H groups in total. The Bertz CT molecular complexity index is 3460. The van der Waals surface area contributed by atoms with Gasteiger partial charge in [0.1, 0.15) is 22.3 Å². The zero-order valence-corrected chi connectivity index (χ0v) is 30.2. The maximum atomic E-state index is 6.73. The van der Waals surface area contributed by atoms with Gasteiger partial charge in [0.2, 0.25) is 0 Å². The van der Waals surface area contributed by atoms with Gasteiger partial charge in [-0.05, 0) is 95.4 Å². The molecule has 3 aromatic heterocycles. The van der Waals surface area contributed by atoms with E-state index in [1.807, 2.05) is 12.1 Å². The number of aromatic nitrogens is 1. The minimum absolute atomic E-state index is 0.853. The van der Waals surface area contributed by atoms with E-state index in [9.17, 15) is 0 Å². The first-order chi connectivity index (χ1) is 27.8. The molecule has 12 aromatic rings. The fourth-order valence-corrected chi connectivity index (χ4v) is 8.85. The number of fused-ring (bicyclic) bond motifs is 11. The first-order valence-electron chi connectivity index (χ1n) is 19.0. The van der Waals surface area contributed by atoms with Crippen LogP contribution in [0.25, 0.3) is 93.3 Å². The second-order valence-corrected chi connectivity index (χ2v) is 14.5. The van der Waals surface area contributed by atoms with Crippen molar-refractivity contribution in [3.8, 4) is 16.8 Å². The number of nitrogens with zero attached hydrogens (tertiary/aromatic N) is 2. The van der Waals surface area contributed by atoms with E-state index < -0.39 is 0 Å². The average molecular weight is 717 g/mol. The summed E-state index contributed by atoms with van der Waals surface area (Å²) in [5.74, 6) is 0. The van der Waals surface area contributed by atoms with Gasteiger partial charge in [-0.2, -0.15) is 0 Å². The van der Waals surface area contributed by atoms with E-state index in [0.29, 0.717) is 0 Å². The first-order valence-corrected chi connectivity index (χ1v) is 19.0. The van der Waals surface area contributed by atoms with Crippen molar-refractivity contribution in [2.45, 2.75) is 0 Å². The Morgan fingerprint density at radius 1 is 0.375 bits per heavy atom. The molecule has 0 fully saturated rings. The summed E-state index contributed by atoms with van der Waals surface area (Å²) in [6.07, 6.45) is 0. The van der Waals surface area contributed by atoms with Crippen LogP contribution in [0.4, 0.5) is 17.1 Å². The van der Waals surface area contributed by atoms with Gasteiger partial charge in [-0.15, -0.1) is 0 Å². The summed E-state index contributed by atoms with van der Waals surface area (Å²) in [5.41, 5.74) is 12.4. The van der Waals surface area contributed by atoms with Gasteiger partial charge in [-0.1, -0.05) is 115 Å². The lowest BCUT2D eigenvalue weighted by molar-refractivity contribution is 0.669. The fraction of sp³-hybridized carbons (Fsp3) is 0. The molecule has 12 rings (SSSR count). The fourth-order valence-electron chi connectivity index (χ4n) is 8.85. The molecule has 0 radical (unpaired) electrons. The minimum Gasteiger partial charge on any atom is -0.456 e. The number of benzene rings is 9. The summed E-state index contributed by atoms with van der Waals surface area (Å²) in [6, 6.07) is 69.1. The van der Waals surface area contributed by atoms with E-state index in [4.69, 9.17) is 8.83 Å². The van der Waals surface area contributed by atoms with Crippen LogP contribution in [0.2, 0.25) is 0 Å². The molecular formula is C52H32N2O2. The van der Waals surface area contributed by atoms with Crippen LogP contribution >= 0.6 is 0 Å². The van der Waals surface area contributed by atoms with E-state index >= 15 is 0 Å². The Labute approximate surface area is 321 Å². The van der Waals surface area contributed by atoms with Crippen molar-refractivity contribution in [1.82, 2.24) is 4.57 Å². The number of furan rings is 2. The van der Waals surface area contributed by atoms with Crippen molar-refractivity contribution in [3.63, 3.8) is 0 Å². The van der Waals surface area contributed by atoms with E-state index in [1.165, 1.54) is 21.8 Å². The topological polar surface area (TPSA) is 34.5 Å². The van der Waals surface area contributed by atoms with Gasteiger partial charge in [0.25, 0.3) is 0 Å². The molecule has 4 heteroatoms. The van der Waals surface area contributed by atoms with Crippen LogP contribution in [-0.4, -0.2) is 4.57 Å². The first kappa shape index (κ1) is 30.9. The Morgan fingerprint density at radius 3 is 1.86 bits per heavy atom. The lowest BCUT2D eigenvalue weighted by atomic mass is 10.0. The third kappa shape index (κ3) is 4.60. The van der Waals surface area contributed by atoms with Crippen LogP contribution in [0.1, 0.15) is 0 Å². The molecule has 56 heavy (non-hydrogen) atoms. The third-order valence-electron chi connectivity index (χ3n) is 11.3. The number of rotatable bonds is 5. The second-order valence-electron chi connectivity index (χ2n) is 14.5. The van der Waals surface area contributed by atoms with Gasteiger partial charge in [-0.25, -0.2) is 0 Å². The summed E-state index contributed by atoms with van der Waals surface area (Å²) in [5, 5.41) is 9.14. The van der Waals surface area contributed by atoms with Crippen molar-refractivity contribution in [1.29, 1.82) is 0 Å². The molecule has 0 aliphatic carbocycles. The van der Waals surface area contributed by atoms with Gasteiger partial charge < -0.3 is 18.3 Å². The Balaban J connectivity index is 1.10. The third-order valence-corrected chi connectivity index (χ3v) is 11.3. The number of hydrogen-bond acceptors (Lipinski definition) is 3. The molecule has 0 saturated heterocycles. The van der Waals surface area contributed by atoms with Gasteiger partial charge in [0, 0.05) is 49.4 Å². The lowest BCUT2D eigenvalue weighted by Gasteiger charge is -2.27. The Morgan fingerprint density at radius 2 is 1.02 bits per heavy atom. The molecule has 4 nitrogen and oxygen atoms in total.